The van der Waals surface area contributed by atoms with Crippen LogP contribution in [0.15, 0.2) is 30.5 Å². The Morgan fingerprint density at radius 2 is 2.00 bits per heavy atom. The predicted octanol–water partition coefficient (Wildman–Crippen LogP) is 2.10. The zero-order valence-corrected chi connectivity index (χ0v) is 13.2. The van der Waals surface area contributed by atoms with Crippen LogP contribution in [-0.4, -0.2) is 42.7 Å². The molecule has 0 bridgehead atoms. The number of rotatable bonds is 5. The zero-order chi connectivity index (χ0) is 15.4. The van der Waals surface area contributed by atoms with Gasteiger partial charge in [0.2, 0.25) is 0 Å². The van der Waals surface area contributed by atoms with Gasteiger partial charge in [0.25, 0.3) is 0 Å². The minimum absolute atomic E-state index is 0.121. The lowest BCUT2D eigenvalue weighted by molar-refractivity contribution is 0.233. The van der Waals surface area contributed by atoms with E-state index < -0.39 is 0 Å². The Morgan fingerprint density at radius 1 is 1.29 bits per heavy atom. The van der Waals surface area contributed by atoms with Crippen LogP contribution in [0.4, 0.5) is 4.79 Å². The summed E-state index contributed by atoms with van der Waals surface area (Å²) in [6.07, 6.45) is 2.15. The number of nitrogens with zero attached hydrogens (tertiary/aromatic N) is 2. The molecule has 21 heavy (non-hydrogen) atoms. The molecule has 1 heterocycles. The topological polar surface area (TPSA) is 49.3 Å². The molecule has 0 aliphatic heterocycles. The first-order chi connectivity index (χ1) is 10.0. The third-order valence-corrected chi connectivity index (χ3v) is 3.70. The number of fused-ring (bicyclic) bond motifs is 1. The molecule has 0 fully saturated rings. The minimum atomic E-state index is -0.121. The van der Waals surface area contributed by atoms with Gasteiger partial charge in [0.05, 0.1) is 6.04 Å². The smallest absolute Gasteiger partial charge is 0.314 e. The predicted molar refractivity (Wildman–Crippen MR) is 86.4 cm³/mol. The molecule has 0 aliphatic carbocycles. The van der Waals surface area contributed by atoms with E-state index in [9.17, 15) is 4.79 Å². The van der Waals surface area contributed by atoms with Crippen LogP contribution >= 0.6 is 0 Å². The second kappa shape index (κ2) is 6.63. The average Bonchev–Trinajstić information content (AvgIpc) is 2.77. The largest absolute Gasteiger partial charge is 0.350 e. The van der Waals surface area contributed by atoms with E-state index in [1.54, 1.807) is 0 Å². The summed E-state index contributed by atoms with van der Waals surface area (Å²) in [7, 11) is 6.12. The van der Waals surface area contributed by atoms with Gasteiger partial charge in [-0.25, -0.2) is 4.79 Å². The van der Waals surface area contributed by atoms with Crippen LogP contribution in [0.5, 0.6) is 0 Å². The summed E-state index contributed by atoms with van der Waals surface area (Å²) in [6.45, 7) is 3.12. The Kier molecular flexibility index (Phi) is 4.85. The highest BCUT2D eigenvalue weighted by atomic mass is 16.2. The average molecular weight is 288 g/mol. The molecule has 2 rings (SSSR count). The number of aromatic nitrogens is 1. The summed E-state index contributed by atoms with van der Waals surface area (Å²) in [5.74, 6) is 0. The molecule has 0 saturated heterocycles. The van der Waals surface area contributed by atoms with Crippen LogP contribution < -0.4 is 10.6 Å². The van der Waals surface area contributed by atoms with Gasteiger partial charge >= 0.3 is 6.03 Å². The van der Waals surface area contributed by atoms with Crippen molar-refractivity contribution in [1.82, 2.24) is 20.1 Å². The molecule has 0 spiro atoms. The third kappa shape index (κ3) is 3.36. The maximum Gasteiger partial charge on any atom is 0.314 e. The molecule has 114 valence electrons. The molecule has 5 nitrogen and oxygen atoms in total. The number of carbonyl (C=O) groups excluding carboxylic acids is 1. The standard InChI is InChI=1S/C16H24N4O/c1-5-17-16(21)18-10-15(19(2)3)13-11-20(4)14-9-7-6-8-12(13)14/h6-9,11,15H,5,10H2,1-4H3,(H2,17,18,21). The Bertz CT molecular complexity index is 618. The second-order valence-electron chi connectivity index (χ2n) is 5.43. The second-order valence-corrected chi connectivity index (χ2v) is 5.43. The molecule has 5 heteroatoms. The Hall–Kier alpha value is -2.01. The van der Waals surface area contributed by atoms with Crippen molar-refractivity contribution < 1.29 is 4.79 Å². The van der Waals surface area contributed by atoms with E-state index in [1.165, 1.54) is 16.5 Å². The number of hydrogen-bond donors (Lipinski definition) is 2. The van der Waals surface area contributed by atoms with Gasteiger partial charge in [-0.2, -0.15) is 0 Å². The summed E-state index contributed by atoms with van der Waals surface area (Å²) in [4.78, 5) is 13.8. The summed E-state index contributed by atoms with van der Waals surface area (Å²) < 4.78 is 2.13. The highest BCUT2D eigenvalue weighted by Crippen LogP contribution is 2.28. The molecule has 0 saturated carbocycles. The fraction of sp³-hybridized carbons (Fsp3) is 0.438. The van der Waals surface area contributed by atoms with Gasteiger partial charge < -0.3 is 20.1 Å². The summed E-state index contributed by atoms with van der Waals surface area (Å²) >= 11 is 0. The van der Waals surface area contributed by atoms with Gasteiger partial charge in [0, 0.05) is 37.2 Å². The fourth-order valence-corrected chi connectivity index (χ4v) is 2.62. The number of aryl methyl sites for hydroxylation is 1. The lowest BCUT2D eigenvalue weighted by Gasteiger charge is -2.24. The lowest BCUT2D eigenvalue weighted by atomic mass is 10.0. The number of nitrogens with one attached hydrogen (secondary N) is 2. The number of amides is 2. The maximum absolute atomic E-state index is 11.6. The van der Waals surface area contributed by atoms with E-state index in [-0.39, 0.29) is 12.1 Å². The van der Waals surface area contributed by atoms with E-state index in [2.05, 4.69) is 51.5 Å². The molecule has 1 atom stereocenters. The first-order valence-electron chi connectivity index (χ1n) is 7.26. The molecule has 2 N–H and O–H groups in total. The van der Waals surface area contributed by atoms with E-state index in [1.807, 2.05) is 27.1 Å². The van der Waals surface area contributed by atoms with E-state index >= 15 is 0 Å². The molecule has 1 unspecified atom stereocenters. The number of likely N-dealkylation sites (N-methyl/N-ethyl adjacent to an activating group) is 1. The number of hydrogen-bond acceptors (Lipinski definition) is 2. The van der Waals surface area contributed by atoms with Crippen molar-refractivity contribution in [1.29, 1.82) is 0 Å². The fourth-order valence-electron chi connectivity index (χ4n) is 2.62. The van der Waals surface area contributed by atoms with Crippen LogP contribution in [-0.2, 0) is 7.05 Å². The van der Waals surface area contributed by atoms with Crippen LogP contribution in [0.25, 0.3) is 10.9 Å². The first kappa shape index (κ1) is 15.4. The molecule has 0 aliphatic rings. The van der Waals surface area contributed by atoms with Crippen molar-refractivity contribution in [2.45, 2.75) is 13.0 Å². The Morgan fingerprint density at radius 3 is 2.67 bits per heavy atom. The molecular weight excluding hydrogens is 264 g/mol. The number of carbonyl (C=O) groups is 1. The van der Waals surface area contributed by atoms with Crippen LogP contribution in [0.2, 0.25) is 0 Å². The van der Waals surface area contributed by atoms with Gasteiger partial charge in [-0.3, -0.25) is 0 Å². The summed E-state index contributed by atoms with van der Waals surface area (Å²) in [5.41, 5.74) is 2.44. The van der Waals surface area contributed by atoms with Crippen molar-refractivity contribution in [2.24, 2.45) is 7.05 Å². The Balaban J connectivity index is 2.26. The molecule has 1 aromatic carbocycles. The summed E-state index contributed by atoms with van der Waals surface area (Å²) in [6, 6.07) is 8.36. The Labute approximate surface area is 125 Å². The minimum Gasteiger partial charge on any atom is -0.350 e. The van der Waals surface area contributed by atoms with Crippen molar-refractivity contribution in [3.05, 3.63) is 36.0 Å². The van der Waals surface area contributed by atoms with Crippen LogP contribution in [0.1, 0.15) is 18.5 Å². The number of benzene rings is 1. The van der Waals surface area contributed by atoms with E-state index in [0.717, 1.165) is 0 Å². The maximum atomic E-state index is 11.6. The molecule has 0 radical (unpaired) electrons. The van der Waals surface area contributed by atoms with Crippen molar-refractivity contribution in [3.8, 4) is 0 Å². The van der Waals surface area contributed by atoms with Gasteiger partial charge in [-0.05, 0) is 32.6 Å². The van der Waals surface area contributed by atoms with Crippen molar-refractivity contribution >= 4 is 16.9 Å². The van der Waals surface area contributed by atoms with Crippen molar-refractivity contribution in [2.75, 3.05) is 27.2 Å². The highest BCUT2D eigenvalue weighted by Gasteiger charge is 2.19. The lowest BCUT2D eigenvalue weighted by Crippen LogP contribution is -2.40. The zero-order valence-electron chi connectivity index (χ0n) is 13.2. The van der Waals surface area contributed by atoms with E-state index in [4.69, 9.17) is 0 Å². The van der Waals surface area contributed by atoms with E-state index in [0.29, 0.717) is 13.1 Å². The molecule has 2 amide bonds. The molecule has 2 aromatic rings. The number of para-hydroxylation sites is 1. The molecule has 1 aromatic heterocycles. The van der Waals surface area contributed by atoms with Crippen molar-refractivity contribution in [3.63, 3.8) is 0 Å². The quantitative estimate of drug-likeness (QED) is 0.885. The van der Waals surface area contributed by atoms with Gasteiger partial charge in [-0.15, -0.1) is 0 Å². The number of urea groups is 1. The monoisotopic (exact) mass is 288 g/mol. The van der Waals surface area contributed by atoms with Gasteiger partial charge in [0.15, 0.2) is 0 Å². The van der Waals surface area contributed by atoms with Gasteiger partial charge in [0.1, 0.15) is 0 Å². The first-order valence-corrected chi connectivity index (χ1v) is 7.26. The summed E-state index contributed by atoms with van der Waals surface area (Å²) in [5, 5.41) is 6.93. The SMILES string of the molecule is CCNC(=O)NCC(c1cn(C)c2ccccc12)N(C)C. The highest BCUT2D eigenvalue weighted by molar-refractivity contribution is 5.84. The molecular formula is C16H24N4O. The normalized spacial score (nSPS) is 12.6. The van der Waals surface area contributed by atoms with Crippen LogP contribution in [0, 0.1) is 0 Å². The third-order valence-electron chi connectivity index (χ3n) is 3.70. The van der Waals surface area contributed by atoms with Crippen LogP contribution in [0.3, 0.4) is 0 Å². The van der Waals surface area contributed by atoms with Gasteiger partial charge in [-0.1, -0.05) is 18.2 Å².